The van der Waals surface area contributed by atoms with Crippen molar-refractivity contribution in [2.45, 2.75) is 38.1 Å². The average Bonchev–Trinajstić information content (AvgIpc) is 2.73. The monoisotopic (exact) mass is 287 g/mol. The van der Waals surface area contributed by atoms with Crippen LogP contribution in [0, 0.1) is 5.92 Å². The van der Waals surface area contributed by atoms with Gasteiger partial charge in [-0.05, 0) is 30.9 Å². The van der Waals surface area contributed by atoms with Crippen LogP contribution in [0.3, 0.4) is 0 Å². The Balaban J connectivity index is 1.76. The summed E-state index contributed by atoms with van der Waals surface area (Å²) in [6.45, 7) is 1.10. The Morgan fingerprint density at radius 1 is 1.29 bits per heavy atom. The molecule has 4 heteroatoms. The van der Waals surface area contributed by atoms with Gasteiger partial charge in [-0.1, -0.05) is 25.3 Å². The number of nitrogens with two attached hydrogens (primary N) is 1. The number of carbonyl (C=O) groups is 1. The first-order valence-electron chi connectivity index (χ1n) is 7.96. The van der Waals surface area contributed by atoms with Crippen LogP contribution in [-0.2, 0) is 4.79 Å². The topological polar surface area (TPSA) is 49.6 Å². The molecule has 1 aliphatic carbocycles. The molecule has 0 saturated heterocycles. The van der Waals surface area contributed by atoms with E-state index < -0.39 is 6.04 Å². The van der Waals surface area contributed by atoms with E-state index in [2.05, 4.69) is 24.1 Å². The highest BCUT2D eigenvalue weighted by molar-refractivity contribution is 6.04. The summed E-state index contributed by atoms with van der Waals surface area (Å²) in [5.74, 6) is 0.788. The minimum absolute atomic E-state index is 0.0166. The van der Waals surface area contributed by atoms with Crippen LogP contribution >= 0.6 is 0 Å². The molecule has 1 atom stereocenters. The van der Waals surface area contributed by atoms with Crippen molar-refractivity contribution in [3.8, 4) is 0 Å². The summed E-state index contributed by atoms with van der Waals surface area (Å²) in [5.41, 5.74) is 9.03. The molecule has 1 unspecified atom stereocenters. The van der Waals surface area contributed by atoms with Crippen LogP contribution in [0.1, 0.15) is 43.7 Å². The molecule has 1 amide bonds. The summed E-state index contributed by atoms with van der Waals surface area (Å²) in [6.07, 6.45) is 6.82. The second-order valence-corrected chi connectivity index (χ2v) is 6.50. The van der Waals surface area contributed by atoms with Crippen molar-refractivity contribution in [3.63, 3.8) is 0 Å². The van der Waals surface area contributed by atoms with Gasteiger partial charge in [0.05, 0.1) is 5.69 Å². The lowest BCUT2D eigenvalue weighted by Crippen LogP contribution is -2.28. The van der Waals surface area contributed by atoms with Gasteiger partial charge in [0.25, 0.3) is 0 Å². The fourth-order valence-corrected chi connectivity index (χ4v) is 3.65. The lowest BCUT2D eigenvalue weighted by molar-refractivity contribution is -0.118. The lowest BCUT2D eigenvalue weighted by atomic mass is 9.89. The van der Waals surface area contributed by atoms with Crippen molar-refractivity contribution in [3.05, 3.63) is 23.8 Å². The molecule has 0 bridgehead atoms. The number of anilines is 2. The molecule has 1 aliphatic heterocycles. The molecule has 1 heterocycles. The van der Waals surface area contributed by atoms with Crippen LogP contribution in [0.15, 0.2) is 18.2 Å². The Bertz CT molecular complexity index is 537. The summed E-state index contributed by atoms with van der Waals surface area (Å²) in [4.78, 5) is 15.9. The first-order chi connectivity index (χ1) is 10.1. The highest BCUT2D eigenvalue weighted by Gasteiger charge is 2.32. The first kappa shape index (κ1) is 14.4. The van der Waals surface area contributed by atoms with Gasteiger partial charge in [-0.2, -0.15) is 0 Å². The molecular formula is C17H25N3O. The Kier molecular flexibility index (Phi) is 3.89. The van der Waals surface area contributed by atoms with Crippen molar-refractivity contribution >= 4 is 17.3 Å². The molecule has 0 aromatic heterocycles. The highest BCUT2D eigenvalue weighted by atomic mass is 16.2. The van der Waals surface area contributed by atoms with Gasteiger partial charge in [0.1, 0.15) is 6.04 Å². The third kappa shape index (κ3) is 2.64. The van der Waals surface area contributed by atoms with E-state index in [1.54, 1.807) is 11.9 Å². The molecule has 1 fully saturated rings. The molecule has 21 heavy (non-hydrogen) atoms. The van der Waals surface area contributed by atoms with E-state index >= 15 is 0 Å². The normalized spacial score (nSPS) is 22.5. The van der Waals surface area contributed by atoms with Crippen LogP contribution in [0.5, 0.6) is 0 Å². The molecular weight excluding hydrogens is 262 g/mol. The Morgan fingerprint density at radius 3 is 2.71 bits per heavy atom. The molecule has 0 spiro atoms. The van der Waals surface area contributed by atoms with Gasteiger partial charge < -0.3 is 15.5 Å². The van der Waals surface area contributed by atoms with Crippen molar-refractivity contribution in [2.75, 3.05) is 30.4 Å². The minimum atomic E-state index is -0.497. The van der Waals surface area contributed by atoms with Crippen molar-refractivity contribution in [1.82, 2.24) is 0 Å². The van der Waals surface area contributed by atoms with E-state index in [4.69, 9.17) is 5.73 Å². The quantitative estimate of drug-likeness (QED) is 0.930. The van der Waals surface area contributed by atoms with Gasteiger partial charge in [0, 0.05) is 31.9 Å². The van der Waals surface area contributed by atoms with E-state index in [9.17, 15) is 4.79 Å². The molecule has 114 valence electrons. The average molecular weight is 287 g/mol. The second-order valence-electron chi connectivity index (χ2n) is 6.50. The van der Waals surface area contributed by atoms with Crippen LogP contribution < -0.4 is 15.5 Å². The third-order valence-electron chi connectivity index (χ3n) is 5.00. The number of fused-ring (bicyclic) bond motifs is 1. The molecule has 1 aromatic carbocycles. The standard InChI is InChI=1S/C17H25N3O/c1-19(11-12-6-4-3-5-7-12)13-8-9-14-15(10-13)20(2)17(21)16(14)18/h8-10,12,16H,3-7,11,18H2,1-2H3. The molecule has 2 N–H and O–H groups in total. The predicted octanol–water partition coefficient (Wildman–Crippen LogP) is 2.68. The summed E-state index contributed by atoms with van der Waals surface area (Å²) in [6, 6.07) is 5.70. The summed E-state index contributed by atoms with van der Waals surface area (Å²) < 4.78 is 0. The first-order valence-corrected chi connectivity index (χ1v) is 7.96. The number of benzene rings is 1. The maximum atomic E-state index is 11.9. The van der Waals surface area contributed by atoms with Crippen LogP contribution in [-0.4, -0.2) is 26.5 Å². The van der Waals surface area contributed by atoms with Crippen molar-refractivity contribution < 1.29 is 4.79 Å². The largest absolute Gasteiger partial charge is 0.374 e. The number of carbonyl (C=O) groups excluding carboxylic acids is 1. The Labute approximate surface area is 126 Å². The highest BCUT2D eigenvalue weighted by Crippen LogP contribution is 2.36. The number of nitrogens with zero attached hydrogens (tertiary/aromatic N) is 2. The molecule has 1 saturated carbocycles. The zero-order valence-electron chi connectivity index (χ0n) is 13.0. The van der Waals surface area contributed by atoms with Crippen LogP contribution in [0.2, 0.25) is 0 Å². The second kappa shape index (κ2) is 5.68. The zero-order valence-corrected chi connectivity index (χ0v) is 13.0. The Hall–Kier alpha value is -1.55. The summed E-state index contributed by atoms with van der Waals surface area (Å²) in [5, 5.41) is 0. The maximum absolute atomic E-state index is 11.9. The molecule has 0 radical (unpaired) electrons. The van der Waals surface area contributed by atoms with E-state index in [0.717, 1.165) is 23.7 Å². The third-order valence-corrected chi connectivity index (χ3v) is 5.00. The number of hydrogen-bond acceptors (Lipinski definition) is 3. The maximum Gasteiger partial charge on any atom is 0.248 e. The zero-order chi connectivity index (χ0) is 15.0. The summed E-state index contributed by atoms with van der Waals surface area (Å²) >= 11 is 0. The number of rotatable bonds is 3. The fraction of sp³-hybridized carbons (Fsp3) is 0.588. The number of hydrogen-bond donors (Lipinski definition) is 1. The van der Waals surface area contributed by atoms with E-state index in [-0.39, 0.29) is 5.91 Å². The smallest absolute Gasteiger partial charge is 0.248 e. The van der Waals surface area contributed by atoms with Gasteiger partial charge in [-0.15, -0.1) is 0 Å². The van der Waals surface area contributed by atoms with Crippen molar-refractivity contribution in [2.24, 2.45) is 11.7 Å². The van der Waals surface area contributed by atoms with E-state index in [0.29, 0.717) is 0 Å². The van der Waals surface area contributed by atoms with Crippen LogP contribution in [0.4, 0.5) is 11.4 Å². The van der Waals surface area contributed by atoms with Crippen molar-refractivity contribution in [1.29, 1.82) is 0 Å². The number of likely N-dealkylation sites (N-methyl/N-ethyl adjacent to an activating group) is 1. The number of amides is 1. The van der Waals surface area contributed by atoms with E-state index in [1.165, 1.54) is 37.8 Å². The van der Waals surface area contributed by atoms with Gasteiger partial charge in [0.2, 0.25) is 5.91 Å². The fourth-order valence-electron chi connectivity index (χ4n) is 3.65. The van der Waals surface area contributed by atoms with Crippen LogP contribution in [0.25, 0.3) is 0 Å². The molecule has 2 aliphatic rings. The van der Waals surface area contributed by atoms with Gasteiger partial charge in [-0.3, -0.25) is 4.79 Å². The summed E-state index contributed by atoms with van der Waals surface area (Å²) in [7, 11) is 3.95. The molecule has 1 aromatic rings. The Morgan fingerprint density at radius 2 is 2.00 bits per heavy atom. The minimum Gasteiger partial charge on any atom is -0.374 e. The molecule has 4 nitrogen and oxygen atoms in total. The lowest BCUT2D eigenvalue weighted by Gasteiger charge is -2.29. The molecule has 3 rings (SSSR count). The van der Waals surface area contributed by atoms with Gasteiger partial charge in [0.15, 0.2) is 0 Å². The van der Waals surface area contributed by atoms with Gasteiger partial charge >= 0.3 is 0 Å². The SMILES string of the molecule is CN(CC1CCCCC1)c1ccc2c(c1)N(C)C(=O)C2N. The predicted molar refractivity (Wildman–Crippen MR) is 86.6 cm³/mol. The van der Waals surface area contributed by atoms with E-state index in [1.807, 2.05) is 6.07 Å². The van der Waals surface area contributed by atoms with Gasteiger partial charge in [-0.25, -0.2) is 0 Å².